The molecule has 39 heavy (non-hydrogen) atoms. The molecule has 1 aromatic carbocycles. The molecule has 4 atom stereocenters. The molecule has 0 radical (unpaired) electrons. The Morgan fingerprint density at radius 3 is 2.79 bits per heavy atom. The van der Waals surface area contributed by atoms with Crippen molar-refractivity contribution in [2.24, 2.45) is 5.92 Å². The number of nitrogen functional groups attached to an aromatic ring is 1. The van der Waals surface area contributed by atoms with Crippen LogP contribution in [0, 0.1) is 5.92 Å². The number of imidazole rings is 2. The van der Waals surface area contributed by atoms with E-state index in [9.17, 15) is 10.2 Å². The van der Waals surface area contributed by atoms with Gasteiger partial charge in [0.1, 0.15) is 36.0 Å². The van der Waals surface area contributed by atoms with Crippen LogP contribution < -0.4 is 5.73 Å². The van der Waals surface area contributed by atoms with Crippen LogP contribution in [0.2, 0.25) is 0 Å². The van der Waals surface area contributed by atoms with Crippen molar-refractivity contribution in [2.75, 3.05) is 32.5 Å². The van der Waals surface area contributed by atoms with Crippen molar-refractivity contribution in [3.05, 3.63) is 42.2 Å². The minimum Gasteiger partial charge on any atom is -0.387 e. The normalized spacial score (nSPS) is 29.3. The minimum atomic E-state index is -1.10. The number of rotatable bonds is 8. The monoisotopic (exact) mass is 534 g/mol. The Labute approximate surface area is 225 Å². The largest absolute Gasteiger partial charge is 0.387 e. The molecule has 3 fully saturated rings. The lowest BCUT2D eigenvalue weighted by molar-refractivity contribution is -0.0514. The summed E-state index contributed by atoms with van der Waals surface area (Å²) in [6.07, 6.45) is 3.64. The van der Waals surface area contributed by atoms with Crippen molar-refractivity contribution in [3.63, 3.8) is 0 Å². The van der Waals surface area contributed by atoms with E-state index in [1.807, 2.05) is 0 Å². The third kappa shape index (κ3) is 4.45. The summed E-state index contributed by atoms with van der Waals surface area (Å²) in [4.78, 5) is 23.0. The summed E-state index contributed by atoms with van der Waals surface area (Å²) < 4.78 is 13.1. The molecule has 0 bridgehead atoms. The number of aryl methyl sites for hydroxylation is 1. The van der Waals surface area contributed by atoms with E-state index in [-0.39, 0.29) is 5.82 Å². The van der Waals surface area contributed by atoms with Gasteiger partial charge in [-0.2, -0.15) is 0 Å². The summed E-state index contributed by atoms with van der Waals surface area (Å²) in [6.45, 7) is 2.13. The van der Waals surface area contributed by atoms with Crippen LogP contribution >= 0.6 is 0 Å². The van der Waals surface area contributed by atoms with Gasteiger partial charge in [-0.3, -0.25) is 4.57 Å². The van der Waals surface area contributed by atoms with Crippen molar-refractivity contribution in [2.45, 2.75) is 62.2 Å². The maximum atomic E-state index is 10.8. The maximum absolute atomic E-state index is 10.8. The number of nitrogens with two attached hydrogens (primary N) is 1. The quantitative estimate of drug-likeness (QED) is 0.260. The van der Waals surface area contributed by atoms with Gasteiger partial charge in [-0.05, 0) is 49.9 Å². The summed E-state index contributed by atoms with van der Waals surface area (Å²) in [5.74, 6) is 2.45. The molecular formula is C27H34N8O4. The van der Waals surface area contributed by atoms with Crippen LogP contribution in [0.5, 0.6) is 0 Å². The first kappa shape index (κ1) is 24.9. The average Bonchev–Trinajstić information content (AvgIpc) is 3.54. The third-order valence-electron chi connectivity index (χ3n) is 8.76. The number of nitrogens with one attached hydrogen (secondary N) is 1. The highest BCUT2D eigenvalue weighted by atomic mass is 16.6. The number of ether oxygens (including phenoxy) is 2. The molecule has 4 aromatic rings. The highest BCUT2D eigenvalue weighted by Gasteiger charge is 2.45. The smallest absolute Gasteiger partial charge is 0.167 e. The lowest BCUT2D eigenvalue weighted by Crippen LogP contribution is -2.47. The lowest BCUT2D eigenvalue weighted by atomic mass is 9.76. The van der Waals surface area contributed by atoms with Gasteiger partial charge in [-0.1, -0.05) is 6.07 Å². The van der Waals surface area contributed by atoms with E-state index in [2.05, 4.69) is 50.1 Å². The molecule has 2 saturated heterocycles. The Hall–Kier alpha value is -3.16. The Morgan fingerprint density at radius 1 is 1.15 bits per heavy atom. The van der Waals surface area contributed by atoms with Crippen molar-refractivity contribution in [1.29, 1.82) is 0 Å². The zero-order valence-corrected chi connectivity index (χ0v) is 21.8. The maximum Gasteiger partial charge on any atom is 0.167 e. The summed E-state index contributed by atoms with van der Waals surface area (Å²) in [6, 6.07) is 6.92. The number of H-pyrrole nitrogens is 1. The van der Waals surface area contributed by atoms with Crippen molar-refractivity contribution in [1.82, 2.24) is 34.4 Å². The second-order valence-electron chi connectivity index (χ2n) is 11.3. The molecule has 7 rings (SSSR count). The molecule has 0 amide bonds. The number of aliphatic hydroxyl groups excluding tert-OH is 2. The van der Waals surface area contributed by atoms with Crippen LogP contribution in [-0.4, -0.2) is 95.8 Å². The molecule has 5 N–H and O–H groups in total. The number of fused-ring (bicyclic) bond motifs is 2. The summed E-state index contributed by atoms with van der Waals surface area (Å²) in [5.41, 5.74) is 10.2. The van der Waals surface area contributed by atoms with E-state index in [0.29, 0.717) is 35.6 Å². The Morgan fingerprint density at radius 2 is 2.00 bits per heavy atom. The molecule has 3 aliphatic rings. The predicted molar refractivity (Wildman–Crippen MR) is 143 cm³/mol. The number of hydrogen-bond donors (Lipinski definition) is 4. The van der Waals surface area contributed by atoms with Crippen molar-refractivity contribution < 1.29 is 19.7 Å². The average molecular weight is 535 g/mol. The molecule has 12 nitrogen and oxygen atoms in total. The van der Waals surface area contributed by atoms with E-state index < -0.39 is 24.5 Å². The molecule has 206 valence electrons. The number of aromatic nitrogens is 6. The van der Waals surface area contributed by atoms with Gasteiger partial charge >= 0.3 is 0 Å². The first-order chi connectivity index (χ1) is 18.9. The number of benzene rings is 1. The molecule has 2 aliphatic heterocycles. The highest BCUT2D eigenvalue weighted by Crippen LogP contribution is 2.37. The van der Waals surface area contributed by atoms with Crippen LogP contribution in [0.25, 0.3) is 22.2 Å². The Kier molecular flexibility index (Phi) is 6.24. The van der Waals surface area contributed by atoms with Crippen molar-refractivity contribution >= 4 is 28.0 Å². The zero-order valence-electron chi connectivity index (χ0n) is 21.8. The molecular weight excluding hydrogens is 500 g/mol. The second kappa shape index (κ2) is 9.79. The van der Waals surface area contributed by atoms with Crippen LogP contribution in [0.15, 0.2) is 30.9 Å². The van der Waals surface area contributed by atoms with Crippen molar-refractivity contribution in [3.8, 4) is 0 Å². The number of nitrogens with zero attached hydrogens (tertiary/aromatic N) is 6. The fraction of sp³-hybridized carbons (Fsp3) is 0.556. The van der Waals surface area contributed by atoms with Gasteiger partial charge in [0.25, 0.3) is 0 Å². The molecule has 0 spiro atoms. The van der Waals surface area contributed by atoms with Crippen LogP contribution in [0.3, 0.4) is 0 Å². The number of aliphatic hydroxyl groups is 2. The summed E-state index contributed by atoms with van der Waals surface area (Å²) >= 11 is 0. The third-order valence-corrected chi connectivity index (χ3v) is 8.76. The van der Waals surface area contributed by atoms with Gasteiger partial charge in [0.2, 0.25) is 0 Å². The van der Waals surface area contributed by atoms with E-state index in [1.165, 1.54) is 18.2 Å². The first-order valence-electron chi connectivity index (χ1n) is 13.7. The Balaban J connectivity index is 0.915. The van der Waals surface area contributed by atoms with Gasteiger partial charge in [-0.15, -0.1) is 0 Å². The molecule has 5 heterocycles. The first-order valence-corrected chi connectivity index (χ1v) is 13.7. The van der Waals surface area contributed by atoms with Gasteiger partial charge in [0, 0.05) is 24.9 Å². The second-order valence-corrected chi connectivity index (χ2v) is 11.3. The summed E-state index contributed by atoms with van der Waals surface area (Å²) in [7, 11) is 2.06. The van der Waals surface area contributed by atoms with E-state index in [1.54, 1.807) is 4.57 Å². The number of aromatic amines is 1. The fourth-order valence-corrected chi connectivity index (χ4v) is 6.11. The lowest BCUT2D eigenvalue weighted by Gasteiger charge is -2.42. The topological polar surface area (TPSA) is 160 Å². The number of hydrogen-bond acceptors (Lipinski definition) is 10. The SMILES string of the molecule is CN(C[C@H]1O[C@@H](n2cnc3c(N)ncnc32)[C@@H](O)[C@H]1O)[C@H]1C[C@H](CCc2nc3cc(C4COC4)ccc3[nH]2)C1. The standard InChI is InChI=1S/C27H34N8O4/c1-34(9-20-23(36)24(37)27(39-20)35-13-31-22-25(28)29-12-30-26(22)35)17-6-14(7-17)2-5-21-32-18-4-3-15(8-19(18)33-21)16-10-38-11-16/h3-4,8,12-14,16-17,20,23-24,27,36-37H,2,5-7,9-11H2,1H3,(H,32,33)(H2,28,29,30)/t14-,17-,20-,23+,24+,27-/m1/s1. The van der Waals surface area contributed by atoms with E-state index >= 15 is 0 Å². The molecule has 12 heteroatoms. The van der Waals surface area contributed by atoms with E-state index in [0.717, 1.165) is 55.8 Å². The zero-order chi connectivity index (χ0) is 26.7. The van der Waals surface area contributed by atoms with Gasteiger partial charge in [-0.25, -0.2) is 19.9 Å². The van der Waals surface area contributed by atoms with Gasteiger partial charge < -0.3 is 35.3 Å². The summed E-state index contributed by atoms with van der Waals surface area (Å²) in [5, 5.41) is 21.5. The Bertz CT molecular complexity index is 1480. The number of anilines is 1. The van der Waals surface area contributed by atoms with Crippen LogP contribution in [0.1, 0.15) is 42.8 Å². The molecule has 1 aliphatic carbocycles. The van der Waals surface area contributed by atoms with Crippen LogP contribution in [0.4, 0.5) is 5.82 Å². The van der Waals surface area contributed by atoms with Gasteiger partial charge in [0.05, 0.1) is 30.6 Å². The minimum absolute atomic E-state index is 0.261. The van der Waals surface area contributed by atoms with Crippen LogP contribution in [-0.2, 0) is 15.9 Å². The molecule has 3 aromatic heterocycles. The number of likely N-dealkylation sites (N-methyl/N-ethyl adjacent to an activating group) is 1. The fourth-order valence-electron chi connectivity index (χ4n) is 6.11. The van der Waals surface area contributed by atoms with Gasteiger partial charge in [0.15, 0.2) is 17.7 Å². The molecule has 1 saturated carbocycles. The highest BCUT2D eigenvalue weighted by molar-refractivity contribution is 5.81. The predicted octanol–water partition coefficient (Wildman–Crippen LogP) is 1.36. The molecule has 0 unspecified atom stereocenters. The van der Waals surface area contributed by atoms with E-state index in [4.69, 9.17) is 20.2 Å².